The van der Waals surface area contributed by atoms with Crippen molar-refractivity contribution >= 4 is 38.8 Å². The number of methoxy groups -OCH3 is 1. The number of rotatable bonds is 9. The third-order valence-corrected chi connectivity index (χ3v) is 8.28. The Morgan fingerprint density at radius 2 is 1.85 bits per heavy atom. The van der Waals surface area contributed by atoms with Gasteiger partial charge in [0.25, 0.3) is 0 Å². The minimum absolute atomic E-state index is 0.133. The van der Waals surface area contributed by atoms with Gasteiger partial charge in [-0.2, -0.15) is 0 Å². The number of ether oxygens (including phenoxy) is 2. The van der Waals surface area contributed by atoms with Crippen molar-refractivity contribution in [3.8, 4) is 17.0 Å². The highest BCUT2D eigenvalue weighted by Gasteiger charge is 2.19. The van der Waals surface area contributed by atoms with Crippen LogP contribution in [0.1, 0.15) is 5.69 Å². The van der Waals surface area contributed by atoms with E-state index in [1.165, 1.54) is 10.8 Å². The second-order valence-electron chi connectivity index (χ2n) is 9.89. The molecule has 2 amide bonds. The van der Waals surface area contributed by atoms with Crippen LogP contribution in [0.15, 0.2) is 78.3 Å². The Balaban J connectivity index is 1.19. The van der Waals surface area contributed by atoms with Crippen molar-refractivity contribution in [2.45, 2.75) is 6.42 Å². The molecule has 0 bridgehead atoms. The molecule has 1 aliphatic rings. The third-order valence-electron chi connectivity index (χ3n) is 7.39. The predicted molar refractivity (Wildman–Crippen MR) is 161 cm³/mol. The number of imidazole rings is 1. The van der Waals surface area contributed by atoms with E-state index in [9.17, 15) is 4.79 Å². The molecule has 2 aromatic heterocycles. The van der Waals surface area contributed by atoms with Crippen LogP contribution in [0.4, 0.5) is 10.5 Å². The van der Waals surface area contributed by atoms with E-state index in [2.05, 4.69) is 68.7 Å². The van der Waals surface area contributed by atoms with E-state index < -0.39 is 0 Å². The number of hydrogen-bond acceptors (Lipinski definition) is 6. The normalized spacial score (nSPS) is 14.0. The number of hydrogen-bond donors (Lipinski definition) is 1. The number of morpholine rings is 1. The summed E-state index contributed by atoms with van der Waals surface area (Å²) in [6.07, 6.45) is 2.83. The second-order valence-corrected chi connectivity index (χ2v) is 10.7. The van der Waals surface area contributed by atoms with Crippen molar-refractivity contribution < 1.29 is 14.3 Å². The number of carbonyl (C=O) groups is 1. The molecule has 0 aliphatic carbocycles. The molecule has 40 heavy (non-hydrogen) atoms. The lowest BCUT2D eigenvalue weighted by Gasteiger charge is -2.30. The summed E-state index contributed by atoms with van der Waals surface area (Å²) in [6.45, 7) is 5.26. The monoisotopic (exact) mass is 555 g/mol. The van der Waals surface area contributed by atoms with Gasteiger partial charge in [0, 0.05) is 62.0 Å². The van der Waals surface area contributed by atoms with E-state index in [1.54, 1.807) is 18.4 Å². The number of benzene rings is 3. The van der Waals surface area contributed by atoms with Crippen molar-refractivity contribution in [3.63, 3.8) is 0 Å². The molecule has 5 aromatic rings. The number of fused-ring (bicyclic) bond motifs is 2. The van der Waals surface area contributed by atoms with Crippen molar-refractivity contribution in [1.29, 1.82) is 0 Å². The first kappa shape index (κ1) is 26.3. The molecule has 0 unspecified atom stereocenters. The van der Waals surface area contributed by atoms with Gasteiger partial charge in [0.2, 0.25) is 0 Å². The second kappa shape index (κ2) is 12.1. The molecule has 9 heteroatoms. The van der Waals surface area contributed by atoms with Crippen LogP contribution in [-0.4, -0.2) is 78.3 Å². The van der Waals surface area contributed by atoms with Crippen molar-refractivity contribution in [2.24, 2.45) is 0 Å². The first-order valence-electron chi connectivity index (χ1n) is 13.6. The summed E-state index contributed by atoms with van der Waals surface area (Å²) in [6, 6.07) is 22.2. The quantitative estimate of drug-likeness (QED) is 0.255. The molecule has 0 saturated carbocycles. The Morgan fingerprint density at radius 1 is 1.05 bits per heavy atom. The Hall–Kier alpha value is -3.92. The fourth-order valence-electron chi connectivity index (χ4n) is 5.09. The molecule has 3 heterocycles. The smallest absolute Gasteiger partial charge is 0.322 e. The van der Waals surface area contributed by atoms with Crippen molar-refractivity contribution in [2.75, 3.05) is 58.4 Å². The molecular formula is C31H33N5O3S. The first-order chi connectivity index (χ1) is 19.7. The third kappa shape index (κ3) is 5.82. The fourth-order valence-corrected chi connectivity index (χ4v) is 6.00. The van der Waals surface area contributed by atoms with E-state index in [-0.39, 0.29) is 6.03 Å². The number of para-hydroxylation sites is 2. The SMILES string of the molecule is COc1ccccc1NC(=O)N(CCc1csc2nc(-c3ccc4ccccc4c3)cn12)CCN1CCOCC1. The number of carbonyl (C=O) groups excluding carboxylic acids is 1. The van der Waals surface area contributed by atoms with E-state index in [0.717, 1.165) is 61.2 Å². The van der Waals surface area contributed by atoms with E-state index in [1.807, 2.05) is 29.2 Å². The standard InChI is InChI=1S/C31H33N5O3S/c1-38-29-9-5-4-8-27(29)32-30(37)35(15-14-34-16-18-39-19-17-34)13-12-26-22-40-31-33-28(21-36(26)31)25-11-10-23-6-2-3-7-24(23)20-25/h2-11,20-22H,12-19H2,1H3,(H,32,37). The molecule has 1 saturated heterocycles. The van der Waals surface area contributed by atoms with Crippen molar-refractivity contribution in [1.82, 2.24) is 19.2 Å². The molecule has 3 aromatic carbocycles. The van der Waals surface area contributed by atoms with Crippen LogP contribution in [-0.2, 0) is 11.2 Å². The Morgan fingerprint density at radius 3 is 2.70 bits per heavy atom. The number of urea groups is 1. The minimum atomic E-state index is -0.133. The molecule has 0 radical (unpaired) electrons. The zero-order chi connectivity index (χ0) is 27.3. The number of aromatic nitrogens is 2. The van der Waals surface area contributed by atoms with Crippen LogP contribution in [0.3, 0.4) is 0 Å². The summed E-state index contributed by atoms with van der Waals surface area (Å²) in [5.74, 6) is 0.642. The lowest BCUT2D eigenvalue weighted by Crippen LogP contribution is -2.45. The van der Waals surface area contributed by atoms with Gasteiger partial charge < -0.3 is 19.7 Å². The number of nitrogens with zero attached hydrogens (tertiary/aromatic N) is 4. The summed E-state index contributed by atoms with van der Waals surface area (Å²) < 4.78 is 13.1. The Bertz CT molecular complexity index is 1610. The lowest BCUT2D eigenvalue weighted by molar-refractivity contribution is 0.0352. The van der Waals surface area contributed by atoms with E-state index >= 15 is 0 Å². The fraction of sp³-hybridized carbons (Fsp3) is 0.290. The first-order valence-corrected chi connectivity index (χ1v) is 14.5. The van der Waals surface area contributed by atoms with Crippen molar-refractivity contribution in [3.05, 3.63) is 84.0 Å². The molecule has 1 N–H and O–H groups in total. The van der Waals surface area contributed by atoms with Gasteiger partial charge >= 0.3 is 6.03 Å². The highest BCUT2D eigenvalue weighted by atomic mass is 32.1. The maximum atomic E-state index is 13.5. The maximum absolute atomic E-state index is 13.5. The van der Waals surface area contributed by atoms with Gasteiger partial charge in [-0.05, 0) is 29.0 Å². The van der Waals surface area contributed by atoms with Crippen LogP contribution in [0, 0.1) is 0 Å². The van der Waals surface area contributed by atoms with E-state index in [4.69, 9.17) is 14.5 Å². The maximum Gasteiger partial charge on any atom is 0.322 e. The highest BCUT2D eigenvalue weighted by molar-refractivity contribution is 7.15. The lowest BCUT2D eigenvalue weighted by atomic mass is 10.1. The van der Waals surface area contributed by atoms with Crippen LogP contribution >= 0.6 is 11.3 Å². The molecule has 8 nitrogen and oxygen atoms in total. The number of anilines is 1. The molecule has 1 fully saturated rings. The zero-order valence-electron chi connectivity index (χ0n) is 22.6. The highest BCUT2D eigenvalue weighted by Crippen LogP contribution is 2.27. The number of nitrogens with one attached hydrogen (secondary N) is 1. The predicted octanol–water partition coefficient (Wildman–Crippen LogP) is 5.63. The molecule has 0 atom stereocenters. The largest absolute Gasteiger partial charge is 0.495 e. The molecule has 206 valence electrons. The Labute approximate surface area is 237 Å². The van der Waals surface area contributed by atoms with Crippen LogP contribution < -0.4 is 10.1 Å². The van der Waals surface area contributed by atoms with Gasteiger partial charge in [-0.15, -0.1) is 11.3 Å². The number of thiazole rings is 1. The summed E-state index contributed by atoms with van der Waals surface area (Å²) in [7, 11) is 1.61. The van der Waals surface area contributed by atoms with Gasteiger partial charge in [-0.3, -0.25) is 9.30 Å². The van der Waals surface area contributed by atoms with Crippen LogP contribution in [0.25, 0.3) is 27.0 Å². The summed E-state index contributed by atoms with van der Waals surface area (Å²) in [5, 5.41) is 7.62. The molecular weight excluding hydrogens is 522 g/mol. The van der Waals surface area contributed by atoms with E-state index in [0.29, 0.717) is 24.5 Å². The van der Waals surface area contributed by atoms with Gasteiger partial charge in [-0.1, -0.05) is 48.5 Å². The summed E-state index contributed by atoms with van der Waals surface area (Å²) in [4.78, 5) is 23.6. The average Bonchev–Trinajstić information content (AvgIpc) is 3.59. The summed E-state index contributed by atoms with van der Waals surface area (Å²) in [5.41, 5.74) is 3.86. The number of amides is 2. The minimum Gasteiger partial charge on any atom is -0.495 e. The van der Waals surface area contributed by atoms with Gasteiger partial charge in [-0.25, -0.2) is 9.78 Å². The molecule has 1 aliphatic heterocycles. The zero-order valence-corrected chi connectivity index (χ0v) is 23.4. The van der Waals surface area contributed by atoms with Crippen LogP contribution in [0.2, 0.25) is 0 Å². The van der Waals surface area contributed by atoms with Crippen LogP contribution in [0.5, 0.6) is 5.75 Å². The topological polar surface area (TPSA) is 71.3 Å². The van der Waals surface area contributed by atoms with Gasteiger partial charge in [0.1, 0.15) is 5.75 Å². The Kier molecular flexibility index (Phi) is 7.94. The summed E-state index contributed by atoms with van der Waals surface area (Å²) >= 11 is 1.63. The molecule has 6 rings (SSSR count). The average molecular weight is 556 g/mol. The van der Waals surface area contributed by atoms with Gasteiger partial charge in [0.05, 0.1) is 31.7 Å². The van der Waals surface area contributed by atoms with Gasteiger partial charge in [0.15, 0.2) is 4.96 Å². The molecule has 0 spiro atoms.